The average molecular weight is 262 g/mol. The van der Waals surface area contributed by atoms with Crippen LogP contribution in [0.25, 0.3) is 0 Å². The standard InChI is InChI=1S/C14H18N2O3/c17-13(16-8-10-4-2-1-3-5-10)12-7-6-11(9-15-12)14(18)19/h6-7,9-10H,1-5,8H2,(H,16,17)(H,18,19). The first-order chi connectivity index (χ1) is 9.16. The van der Waals surface area contributed by atoms with Gasteiger partial charge in [0.05, 0.1) is 5.56 Å². The summed E-state index contributed by atoms with van der Waals surface area (Å²) in [6, 6.07) is 2.84. The van der Waals surface area contributed by atoms with Gasteiger partial charge in [0.1, 0.15) is 5.69 Å². The van der Waals surface area contributed by atoms with Crippen molar-refractivity contribution in [3.05, 3.63) is 29.6 Å². The van der Waals surface area contributed by atoms with E-state index in [0.717, 1.165) is 0 Å². The van der Waals surface area contributed by atoms with Crippen LogP contribution >= 0.6 is 0 Å². The summed E-state index contributed by atoms with van der Waals surface area (Å²) in [4.78, 5) is 26.4. The molecule has 1 heterocycles. The molecule has 2 N–H and O–H groups in total. The van der Waals surface area contributed by atoms with Crippen LogP contribution in [0.3, 0.4) is 0 Å². The summed E-state index contributed by atoms with van der Waals surface area (Å²) in [5, 5.41) is 11.6. The summed E-state index contributed by atoms with van der Waals surface area (Å²) in [7, 11) is 0. The highest BCUT2D eigenvalue weighted by Gasteiger charge is 2.15. The van der Waals surface area contributed by atoms with Gasteiger partial charge in [0.2, 0.25) is 0 Å². The summed E-state index contributed by atoms with van der Waals surface area (Å²) >= 11 is 0. The minimum absolute atomic E-state index is 0.0869. The fraction of sp³-hybridized carbons (Fsp3) is 0.500. The highest BCUT2D eigenvalue weighted by Crippen LogP contribution is 2.22. The van der Waals surface area contributed by atoms with Crippen molar-refractivity contribution in [1.82, 2.24) is 10.3 Å². The Bertz CT molecular complexity index is 450. The van der Waals surface area contributed by atoms with E-state index in [1.54, 1.807) is 0 Å². The molecule has 5 heteroatoms. The molecule has 2 rings (SSSR count). The number of rotatable bonds is 4. The zero-order chi connectivity index (χ0) is 13.7. The van der Waals surface area contributed by atoms with Crippen molar-refractivity contribution in [1.29, 1.82) is 0 Å². The number of carbonyl (C=O) groups excluding carboxylic acids is 1. The number of aromatic carboxylic acids is 1. The van der Waals surface area contributed by atoms with Gasteiger partial charge in [-0.15, -0.1) is 0 Å². The zero-order valence-electron chi connectivity index (χ0n) is 10.8. The van der Waals surface area contributed by atoms with E-state index in [4.69, 9.17) is 5.11 Å². The van der Waals surface area contributed by atoms with Crippen LogP contribution in [0.1, 0.15) is 53.0 Å². The lowest BCUT2D eigenvalue weighted by atomic mass is 9.89. The molecule has 0 radical (unpaired) electrons. The minimum atomic E-state index is -1.04. The predicted octanol–water partition coefficient (Wildman–Crippen LogP) is 2.09. The molecular formula is C14H18N2O3. The van der Waals surface area contributed by atoms with Crippen LogP contribution in [0.4, 0.5) is 0 Å². The SMILES string of the molecule is O=C(O)c1ccc(C(=O)NCC2CCCCC2)nc1. The van der Waals surface area contributed by atoms with E-state index in [0.29, 0.717) is 12.5 Å². The quantitative estimate of drug-likeness (QED) is 0.870. The highest BCUT2D eigenvalue weighted by molar-refractivity contribution is 5.93. The normalized spacial score (nSPS) is 16.0. The monoisotopic (exact) mass is 262 g/mol. The second-order valence-electron chi connectivity index (χ2n) is 4.95. The number of nitrogens with zero attached hydrogens (tertiary/aromatic N) is 1. The van der Waals surface area contributed by atoms with Gasteiger partial charge in [0.25, 0.3) is 5.91 Å². The first-order valence-corrected chi connectivity index (χ1v) is 6.64. The van der Waals surface area contributed by atoms with E-state index >= 15 is 0 Å². The maximum absolute atomic E-state index is 11.8. The summed E-state index contributed by atoms with van der Waals surface area (Å²) in [6.45, 7) is 0.682. The van der Waals surface area contributed by atoms with Crippen molar-refractivity contribution < 1.29 is 14.7 Å². The van der Waals surface area contributed by atoms with Gasteiger partial charge in [-0.25, -0.2) is 4.79 Å². The number of carbonyl (C=O) groups is 2. The minimum Gasteiger partial charge on any atom is -0.478 e. The molecule has 1 amide bonds. The molecular weight excluding hydrogens is 244 g/mol. The Hall–Kier alpha value is -1.91. The van der Waals surface area contributed by atoms with Gasteiger partial charge in [-0.1, -0.05) is 19.3 Å². The molecule has 1 saturated carbocycles. The van der Waals surface area contributed by atoms with Crippen LogP contribution in [0.5, 0.6) is 0 Å². The third kappa shape index (κ3) is 3.77. The molecule has 5 nitrogen and oxygen atoms in total. The molecule has 0 spiro atoms. The summed E-state index contributed by atoms with van der Waals surface area (Å²) < 4.78 is 0. The van der Waals surface area contributed by atoms with E-state index in [2.05, 4.69) is 10.3 Å². The lowest BCUT2D eigenvalue weighted by Gasteiger charge is -2.21. The van der Waals surface area contributed by atoms with Gasteiger partial charge in [0, 0.05) is 12.7 Å². The smallest absolute Gasteiger partial charge is 0.337 e. The van der Waals surface area contributed by atoms with Crippen LogP contribution in [-0.4, -0.2) is 28.5 Å². The van der Waals surface area contributed by atoms with Gasteiger partial charge in [-0.3, -0.25) is 9.78 Å². The first-order valence-electron chi connectivity index (χ1n) is 6.64. The molecule has 1 aromatic heterocycles. The molecule has 102 valence electrons. The Labute approximate surface area is 112 Å². The van der Waals surface area contributed by atoms with E-state index in [1.807, 2.05) is 0 Å². The molecule has 1 aliphatic rings. The van der Waals surface area contributed by atoms with Crippen molar-refractivity contribution in [3.8, 4) is 0 Å². The van der Waals surface area contributed by atoms with Gasteiger partial charge in [-0.2, -0.15) is 0 Å². The van der Waals surface area contributed by atoms with E-state index < -0.39 is 5.97 Å². The number of carboxylic acids is 1. The maximum Gasteiger partial charge on any atom is 0.337 e. The number of amides is 1. The molecule has 0 saturated heterocycles. The van der Waals surface area contributed by atoms with Crippen LogP contribution < -0.4 is 5.32 Å². The molecule has 19 heavy (non-hydrogen) atoms. The fourth-order valence-electron chi connectivity index (χ4n) is 2.37. The molecule has 0 aromatic carbocycles. The maximum atomic E-state index is 11.8. The number of nitrogens with one attached hydrogen (secondary N) is 1. The van der Waals surface area contributed by atoms with Gasteiger partial charge < -0.3 is 10.4 Å². The molecule has 0 unspecified atom stereocenters. The van der Waals surface area contributed by atoms with Crippen LogP contribution in [0, 0.1) is 5.92 Å². The molecule has 0 aliphatic heterocycles. The van der Waals surface area contributed by atoms with Crippen LogP contribution in [0.2, 0.25) is 0 Å². The zero-order valence-corrected chi connectivity index (χ0v) is 10.8. The fourth-order valence-corrected chi connectivity index (χ4v) is 2.37. The highest BCUT2D eigenvalue weighted by atomic mass is 16.4. The van der Waals surface area contributed by atoms with E-state index in [9.17, 15) is 9.59 Å². The van der Waals surface area contributed by atoms with Gasteiger partial charge >= 0.3 is 5.97 Å². The van der Waals surface area contributed by atoms with Crippen molar-refractivity contribution in [3.63, 3.8) is 0 Å². The Balaban J connectivity index is 1.86. The third-order valence-electron chi connectivity index (χ3n) is 3.52. The van der Waals surface area contributed by atoms with Crippen LogP contribution in [0.15, 0.2) is 18.3 Å². The Morgan fingerprint density at radius 3 is 2.58 bits per heavy atom. The average Bonchev–Trinajstić information content (AvgIpc) is 2.46. The number of aromatic nitrogens is 1. The molecule has 0 atom stereocenters. The lowest BCUT2D eigenvalue weighted by Crippen LogP contribution is -2.30. The molecule has 1 aromatic rings. The Kier molecular flexibility index (Phi) is 4.49. The predicted molar refractivity (Wildman–Crippen MR) is 70.1 cm³/mol. The third-order valence-corrected chi connectivity index (χ3v) is 3.52. The van der Waals surface area contributed by atoms with Crippen molar-refractivity contribution in [2.45, 2.75) is 32.1 Å². The largest absolute Gasteiger partial charge is 0.478 e. The van der Waals surface area contributed by atoms with E-state index in [1.165, 1.54) is 50.4 Å². The van der Waals surface area contributed by atoms with Crippen molar-refractivity contribution in [2.75, 3.05) is 6.54 Å². The number of hydrogen-bond acceptors (Lipinski definition) is 3. The number of carboxylic acid groups (broad SMARTS) is 1. The van der Waals surface area contributed by atoms with Gasteiger partial charge in [0.15, 0.2) is 0 Å². The molecule has 1 aliphatic carbocycles. The topological polar surface area (TPSA) is 79.3 Å². The lowest BCUT2D eigenvalue weighted by molar-refractivity contribution is 0.0695. The Morgan fingerprint density at radius 2 is 2.00 bits per heavy atom. The van der Waals surface area contributed by atoms with Crippen molar-refractivity contribution >= 4 is 11.9 Å². The summed E-state index contributed by atoms with van der Waals surface area (Å²) in [6.07, 6.45) is 7.33. The second kappa shape index (κ2) is 6.31. The number of pyridine rings is 1. The van der Waals surface area contributed by atoms with Crippen molar-refractivity contribution in [2.24, 2.45) is 5.92 Å². The molecule has 1 fully saturated rings. The Morgan fingerprint density at radius 1 is 1.26 bits per heavy atom. The van der Waals surface area contributed by atoms with Gasteiger partial charge in [-0.05, 0) is 30.9 Å². The summed E-state index contributed by atoms with van der Waals surface area (Å²) in [5.74, 6) is -0.708. The van der Waals surface area contributed by atoms with E-state index in [-0.39, 0.29) is 17.2 Å². The number of hydrogen-bond donors (Lipinski definition) is 2. The second-order valence-corrected chi connectivity index (χ2v) is 4.95. The van der Waals surface area contributed by atoms with Crippen LogP contribution in [-0.2, 0) is 0 Å². The first kappa shape index (κ1) is 13.5. The molecule has 0 bridgehead atoms. The summed E-state index contributed by atoms with van der Waals surface area (Å²) in [5.41, 5.74) is 0.352.